The molecule has 3 heterocycles. The van der Waals surface area contributed by atoms with Gasteiger partial charge in [-0.2, -0.15) is 0 Å². The number of anilines is 1. The summed E-state index contributed by atoms with van der Waals surface area (Å²) in [5, 5.41) is 0. The Morgan fingerprint density at radius 2 is 1.64 bits per heavy atom. The summed E-state index contributed by atoms with van der Waals surface area (Å²) < 4.78 is 2.53. The minimum Gasteiger partial charge on any atom is -0.354 e. The number of benzene rings is 1. The fraction of sp³-hybridized carbons (Fsp3) is 0.500. The third-order valence-corrected chi connectivity index (χ3v) is 6.77. The highest BCUT2D eigenvalue weighted by Crippen LogP contribution is 2.22. The van der Waals surface area contributed by atoms with Crippen LogP contribution in [0, 0.1) is 12.8 Å². The van der Waals surface area contributed by atoms with Crippen molar-refractivity contribution in [3.63, 3.8) is 0 Å². The van der Waals surface area contributed by atoms with Crippen LogP contribution in [0.1, 0.15) is 17.5 Å². The van der Waals surface area contributed by atoms with Crippen LogP contribution in [0.2, 0.25) is 0 Å². The van der Waals surface area contributed by atoms with E-state index in [0.717, 1.165) is 11.0 Å². The minimum atomic E-state index is -0.369. The van der Waals surface area contributed by atoms with Gasteiger partial charge in [-0.1, -0.05) is 29.8 Å². The molecule has 33 heavy (non-hydrogen) atoms. The Balaban J connectivity index is 1.33. The van der Waals surface area contributed by atoms with E-state index in [9.17, 15) is 19.2 Å². The Morgan fingerprint density at radius 3 is 2.30 bits per heavy atom. The topological polar surface area (TPSA) is 87.9 Å². The fourth-order valence-electron chi connectivity index (χ4n) is 4.61. The first-order chi connectivity index (χ1) is 15.7. The highest BCUT2D eigenvalue weighted by Gasteiger charge is 2.37. The molecular formula is C24H31N5O4. The van der Waals surface area contributed by atoms with Gasteiger partial charge >= 0.3 is 5.69 Å². The molecule has 2 amide bonds. The van der Waals surface area contributed by atoms with Gasteiger partial charge in [0.15, 0.2) is 0 Å². The van der Waals surface area contributed by atoms with Crippen molar-refractivity contribution in [2.45, 2.75) is 19.8 Å². The number of amides is 2. The second-order valence-electron chi connectivity index (χ2n) is 9.03. The van der Waals surface area contributed by atoms with Crippen molar-refractivity contribution >= 4 is 17.6 Å². The smallest absolute Gasteiger partial charge is 0.332 e. The lowest BCUT2D eigenvalue weighted by Crippen LogP contribution is -2.52. The lowest BCUT2D eigenvalue weighted by Gasteiger charge is -2.37. The predicted octanol–water partition coefficient (Wildman–Crippen LogP) is 0.132. The van der Waals surface area contributed by atoms with E-state index >= 15 is 0 Å². The van der Waals surface area contributed by atoms with Gasteiger partial charge in [0.05, 0.1) is 5.92 Å². The molecule has 1 aromatic heterocycles. The Kier molecular flexibility index (Phi) is 6.40. The van der Waals surface area contributed by atoms with Crippen molar-refractivity contribution in [1.82, 2.24) is 18.9 Å². The number of nitrogens with zero attached hydrogens (tertiary/aromatic N) is 5. The van der Waals surface area contributed by atoms with Crippen LogP contribution in [0.4, 0.5) is 5.82 Å². The SMILES string of the molecule is Cc1ccc(CCN2C[C@@H](C(=O)N3CCN(c4cc(=O)n(C)c(=O)n4C)CC3)CC2=O)cc1. The number of aryl methyl sites for hydroxylation is 1. The molecule has 0 unspecified atom stereocenters. The molecule has 0 spiro atoms. The first-order valence-corrected chi connectivity index (χ1v) is 11.4. The number of carbonyl (C=O) groups is 2. The molecule has 0 bridgehead atoms. The van der Waals surface area contributed by atoms with Crippen LogP contribution < -0.4 is 16.1 Å². The number of aromatic nitrogens is 2. The van der Waals surface area contributed by atoms with Crippen LogP contribution in [-0.2, 0) is 30.1 Å². The Bertz CT molecular complexity index is 1160. The molecule has 176 valence electrons. The molecule has 0 N–H and O–H groups in total. The Morgan fingerprint density at radius 1 is 0.970 bits per heavy atom. The van der Waals surface area contributed by atoms with Gasteiger partial charge in [0.25, 0.3) is 5.56 Å². The number of carbonyl (C=O) groups excluding carboxylic acids is 2. The molecule has 0 aliphatic carbocycles. The molecular weight excluding hydrogens is 422 g/mol. The summed E-state index contributed by atoms with van der Waals surface area (Å²) >= 11 is 0. The van der Waals surface area contributed by atoms with E-state index in [1.165, 1.54) is 28.8 Å². The second kappa shape index (κ2) is 9.25. The van der Waals surface area contributed by atoms with Gasteiger partial charge in [0.2, 0.25) is 11.8 Å². The average molecular weight is 454 g/mol. The van der Waals surface area contributed by atoms with E-state index in [1.54, 1.807) is 16.8 Å². The van der Waals surface area contributed by atoms with Crippen molar-refractivity contribution in [2.24, 2.45) is 20.0 Å². The van der Waals surface area contributed by atoms with Crippen LogP contribution in [-0.4, -0.2) is 70.0 Å². The average Bonchev–Trinajstić information content (AvgIpc) is 3.19. The lowest BCUT2D eigenvalue weighted by atomic mass is 10.1. The first-order valence-electron chi connectivity index (χ1n) is 11.4. The zero-order chi connectivity index (χ0) is 23.7. The van der Waals surface area contributed by atoms with Gasteiger partial charge < -0.3 is 14.7 Å². The summed E-state index contributed by atoms with van der Waals surface area (Å²) in [5.41, 5.74) is 1.68. The highest BCUT2D eigenvalue weighted by molar-refractivity contribution is 5.89. The quantitative estimate of drug-likeness (QED) is 0.642. The molecule has 1 atom stereocenters. The van der Waals surface area contributed by atoms with E-state index in [0.29, 0.717) is 45.1 Å². The summed E-state index contributed by atoms with van der Waals surface area (Å²) in [6.07, 6.45) is 1.04. The van der Waals surface area contributed by atoms with Gasteiger partial charge in [-0.15, -0.1) is 0 Å². The maximum atomic E-state index is 13.1. The van der Waals surface area contributed by atoms with Crippen molar-refractivity contribution in [3.8, 4) is 0 Å². The lowest BCUT2D eigenvalue weighted by molar-refractivity contribution is -0.136. The molecule has 1 aromatic carbocycles. The van der Waals surface area contributed by atoms with E-state index in [1.807, 2.05) is 11.8 Å². The molecule has 2 aliphatic heterocycles. The van der Waals surface area contributed by atoms with Gasteiger partial charge in [-0.3, -0.25) is 23.5 Å². The molecule has 9 nitrogen and oxygen atoms in total. The maximum Gasteiger partial charge on any atom is 0.332 e. The normalized spacial score (nSPS) is 18.8. The molecule has 0 saturated carbocycles. The van der Waals surface area contributed by atoms with Crippen molar-refractivity contribution < 1.29 is 9.59 Å². The number of hydrogen-bond acceptors (Lipinski definition) is 5. The minimum absolute atomic E-state index is 0.0127. The molecule has 2 aliphatic rings. The van der Waals surface area contributed by atoms with Crippen molar-refractivity contribution in [2.75, 3.05) is 44.2 Å². The van der Waals surface area contributed by atoms with Crippen molar-refractivity contribution in [3.05, 3.63) is 62.3 Å². The molecule has 2 aromatic rings. The standard InChI is InChI=1S/C24H31N5O4/c1-17-4-6-18(7-5-17)8-9-29-16-19(14-22(29)31)23(32)28-12-10-27(11-13-28)20-15-21(30)26(3)24(33)25(20)2/h4-7,15,19H,8-14,16H2,1-3H3/t19-/m0/s1. The molecule has 9 heteroatoms. The summed E-state index contributed by atoms with van der Waals surface area (Å²) in [4.78, 5) is 55.4. The van der Waals surface area contributed by atoms with Crippen LogP contribution in [0.25, 0.3) is 0 Å². The molecule has 2 fully saturated rings. The molecule has 0 radical (unpaired) electrons. The summed E-state index contributed by atoms with van der Waals surface area (Å²) in [5.74, 6) is 0.303. The molecule has 4 rings (SSSR count). The van der Waals surface area contributed by atoms with E-state index < -0.39 is 0 Å². The third-order valence-electron chi connectivity index (χ3n) is 6.77. The number of likely N-dealkylation sites (tertiary alicyclic amines) is 1. The van der Waals surface area contributed by atoms with Crippen molar-refractivity contribution in [1.29, 1.82) is 0 Å². The summed E-state index contributed by atoms with van der Waals surface area (Å²) in [7, 11) is 3.10. The predicted molar refractivity (Wildman–Crippen MR) is 125 cm³/mol. The fourth-order valence-corrected chi connectivity index (χ4v) is 4.61. The van der Waals surface area contributed by atoms with Crippen LogP contribution in [0.3, 0.4) is 0 Å². The van der Waals surface area contributed by atoms with Gasteiger partial charge in [0, 0.05) is 65.9 Å². The van der Waals surface area contributed by atoms with E-state index in [4.69, 9.17) is 0 Å². The highest BCUT2D eigenvalue weighted by atomic mass is 16.2. The maximum absolute atomic E-state index is 13.1. The molecule has 2 saturated heterocycles. The summed E-state index contributed by atoms with van der Waals surface area (Å²) in [6.45, 7) is 5.19. The number of hydrogen-bond donors (Lipinski definition) is 0. The van der Waals surface area contributed by atoms with Gasteiger partial charge in [0.1, 0.15) is 5.82 Å². The monoisotopic (exact) mass is 453 g/mol. The largest absolute Gasteiger partial charge is 0.354 e. The first kappa shape index (κ1) is 22.8. The zero-order valence-electron chi connectivity index (χ0n) is 19.5. The van der Waals surface area contributed by atoms with E-state index in [-0.39, 0.29) is 35.4 Å². The van der Waals surface area contributed by atoms with Crippen LogP contribution in [0.15, 0.2) is 39.9 Å². The Hall–Kier alpha value is -3.36. The van der Waals surface area contributed by atoms with Crippen LogP contribution >= 0.6 is 0 Å². The van der Waals surface area contributed by atoms with Gasteiger partial charge in [-0.05, 0) is 18.9 Å². The van der Waals surface area contributed by atoms with Crippen LogP contribution in [0.5, 0.6) is 0 Å². The van der Waals surface area contributed by atoms with Gasteiger partial charge in [-0.25, -0.2) is 4.79 Å². The Labute approximate surface area is 192 Å². The van der Waals surface area contributed by atoms with E-state index in [2.05, 4.69) is 24.3 Å². The number of piperazine rings is 1. The summed E-state index contributed by atoms with van der Waals surface area (Å²) in [6, 6.07) is 9.75. The zero-order valence-corrected chi connectivity index (χ0v) is 19.5. The second-order valence-corrected chi connectivity index (χ2v) is 9.03. The third kappa shape index (κ3) is 4.72. The number of rotatable bonds is 5.